The monoisotopic (exact) mass is 296 g/mol. The summed E-state index contributed by atoms with van der Waals surface area (Å²) >= 11 is 0. The maximum absolute atomic E-state index is 10.6. The minimum Gasteiger partial charge on any atom is -0.481 e. The standard InChI is InChI=1S/C17H32N2O2/c1-14(2)13-18-9-7-16(8-10-18)19-11-5-15(6-12-19)3-4-17(20)21/h14-16H,3-13H2,1-2H3,(H,20,21). The van der Waals surface area contributed by atoms with Gasteiger partial charge in [0.05, 0.1) is 0 Å². The van der Waals surface area contributed by atoms with Crippen molar-refractivity contribution in [2.45, 2.75) is 58.4 Å². The highest BCUT2D eigenvalue weighted by Crippen LogP contribution is 2.26. The number of rotatable bonds is 6. The minimum absolute atomic E-state index is 0.345. The Morgan fingerprint density at radius 2 is 1.71 bits per heavy atom. The minimum atomic E-state index is -0.644. The first-order valence-electron chi connectivity index (χ1n) is 8.72. The van der Waals surface area contributed by atoms with Gasteiger partial charge in [0.15, 0.2) is 0 Å². The van der Waals surface area contributed by atoms with E-state index in [2.05, 4.69) is 23.6 Å². The first-order valence-corrected chi connectivity index (χ1v) is 8.72. The molecular weight excluding hydrogens is 264 g/mol. The second-order valence-corrected chi connectivity index (χ2v) is 7.34. The molecule has 2 aliphatic rings. The Bertz CT molecular complexity index is 317. The van der Waals surface area contributed by atoms with Crippen molar-refractivity contribution in [1.82, 2.24) is 9.80 Å². The summed E-state index contributed by atoms with van der Waals surface area (Å²) in [5.41, 5.74) is 0. The van der Waals surface area contributed by atoms with E-state index in [1.807, 2.05) is 0 Å². The van der Waals surface area contributed by atoms with E-state index in [1.165, 1.54) is 58.4 Å². The zero-order valence-corrected chi connectivity index (χ0v) is 13.8. The highest BCUT2D eigenvalue weighted by molar-refractivity contribution is 5.66. The second kappa shape index (κ2) is 8.14. The van der Waals surface area contributed by atoms with Crippen molar-refractivity contribution in [2.24, 2.45) is 11.8 Å². The Kier molecular flexibility index (Phi) is 6.49. The average molecular weight is 296 g/mol. The van der Waals surface area contributed by atoms with Crippen molar-refractivity contribution in [3.05, 3.63) is 0 Å². The number of carbonyl (C=O) groups is 1. The van der Waals surface area contributed by atoms with E-state index in [-0.39, 0.29) is 0 Å². The third-order valence-corrected chi connectivity index (χ3v) is 5.11. The van der Waals surface area contributed by atoms with E-state index in [0.717, 1.165) is 18.4 Å². The zero-order valence-electron chi connectivity index (χ0n) is 13.8. The molecule has 2 fully saturated rings. The van der Waals surface area contributed by atoms with E-state index < -0.39 is 5.97 Å². The number of hydrogen-bond donors (Lipinski definition) is 1. The van der Waals surface area contributed by atoms with E-state index in [0.29, 0.717) is 12.3 Å². The van der Waals surface area contributed by atoms with Gasteiger partial charge in [0.2, 0.25) is 0 Å². The number of likely N-dealkylation sites (tertiary alicyclic amines) is 2. The molecule has 0 atom stereocenters. The summed E-state index contributed by atoms with van der Waals surface area (Å²) in [4.78, 5) is 15.9. The van der Waals surface area contributed by atoms with Crippen molar-refractivity contribution < 1.29 is 9.90 Å². The molecular formula is C17H32N2O2. The van der Waals surface area contributed by atoms with Crippen LogP contribution in [0.3, 0.4) is 0 Å². The van der Waals surface area contributed by atoms with Crippen LogP contribution in [-0.4, -0.2) is 59.6 Å². The number of nitrogens with zero attached hydrogens (tertiary/aromatic N) is 2. The number of piperidine rings is 2. The molecule has 21 heavy (non-hydrogen) atoms. The van der Waals surface area contributed by atoms with Crippen LogP contribution in [0, 0.1) is 11.8 Å². The molecule has 0 aromatic carbocycles. The lowest BCUT2D eigenvalue weighted by Crippen LogP contribution is -2.48. The molecule has 0 spiro atoms. The molecule has 2 aliphatic heterocycles. The summed E-state index contributed by atoms with van der Waals surface area (Å²) in [6, 6.07) is 0.772. The number of aliphatic carboxylic acids is 1. The van der Waals surface area contributed by atoms with Crippen molar-refractivity contribution in [2.75, 3.05) is 32.7 Å². The van der Waals surface area contributed by atoms with Gasteiger partial charge in [-0.05, 0) is 70.1 Å². The van der Waals surface area contributed by atoms with Crippen LogP contribution in [0.2, 0.25) is 0 Å². The summed E-state index contributed by atoms with van der Waals surface area (Å²) in [6.07, 6.45) is 6.23. The summed E-state index contributed by atoms with van der Waals surface area (Å²) < 4.78 is 0. The van der Waals surface area contributed by atoms with Crippen molar-refractivity contribution in [1.29, 1.82) is 0 Å². The van der Waals surface area contributed by atoms with Crippen LogP contribution in [0.25, 0.3) is 0 Å². The van der Waals surface area contributed by atoms with Crippen LogP contribution in [-0.2, 0) is 4.79 Å². The molecule has 1 N–H and O–H groups in total. The lowest BCUT2D eigenvalue weighted by Gasteiger charge is -2.42. The number of carboxylic acids is 1. The maximum atomic E-state index is 10.6. The molecule has 0 aromatic rings. The highest BCUT2D eigenvalue weighted by Gasteiger charge is 2.28. The normalized spacial score (nSPS) is 23.8. The molecule has 2 heterocycles. The SMILES string of the molecule is CC(C)CN1CCC(N2CCC(CCC(=O)O)CC2)CC1. The fourth-order valence-electron chi connectivity index (χ4n) is 3.92. The molecule has 122 valence electrons. The summed E-state index contributed by atoms with van der Waals surface area (Å²) in [5.74, 6) is 0.764. The molecule has 4 heteroatoms. The molecule has 0 radical (unpaired) electrons. The molecule has 0 saturated carbocycles. The first kappa shape index (κ1) is 16.8. The molecule has 2 saturated heterocycles. The highest BCUT2D eigenvalue weighted by atomic mass is 16.4. The van der Waals surface area contributed by atoms with Gasteiger partial charge in [0.1, 0.15) is 0 Å². The van der Waals surface area contributed by atoms with E-state index >= 15 is 0 Å². The van der Waals surface area contributed by atoms with Gasteiger partial charge in [-0.25, -0.2) is 0 Å². The Balaban J connectivity index is 1.65. The van der Waals surface area contributed by atoms with Gasteiger partial charge in [-0.2, -0.15) is 0 Å². The lowest BCUT2D eigenvalue weighted by molar-refractivity contribution is -0.137. The Labute approximate surface area is 129 Å². The van der Waals surface area contributed by atoms with Crippen LogP contribution >= 0.6 is 0 Å². The Morgan fingerprint density at radius 3 is 2.24 bits per heavy atom. The van der Waals surface area contributed by atoms with Crippen LogP contribution in [0.5, 0.6) is 0 Å². The van der Waals surface area contributed by atoms with Crippen LogP contribution in [0.15, 0.2) is 0 Å². The van der Waals surface area contributed by atoms with Crippen molar-refractivity contribution in [3.63, 3.8) is 0 Å². The Morgan fingerprint density at radius 1 is 1.10 bits per heavy atom. The zero-order chi connectivity index (χ0) is 15.2. The molecule has 4 nitrogen and oxygen atoms in total. The average Bonchev–Trinajstić information content (AvgIpc) is 2.46. The van der Waals surface area contributed by atoms with Gasteiger partial charge in [-0.3, -0.25) is 4.79 Å². The molecule has 0 aromatic heterocycles. The predicted octanol–water partition coefficient (Wildman–Crippen LogP) is 2.68. The van der Waals surface area contributed by atoms with Crippen LogP contribution < -0.4 is 0 Å². The molecule has 2 rings (SSSR count). The predicted molar refractivity (Wildman–Crippen MR) is 85.5 cm³/mol. The number of hydrogen-bond acceptors (Lipinski definition) is 3. The fraction of sp³-hybridized carbons (Fsp3) is 0.941. The van der Waals surface area contributed by atoms with Gasteiger partial charge in [0.25, 0.3) is 0 Å². The third-order valence-electron chi connectivity index (χ3n) is 5.11. The van der Waals surface area contributed by atoms with Crippen molar-refractivity contribution >= 4 is 5.97 Å². The first-order chi connectivity index (χ1) is 10.0. The van der Waals surface area contributed by atoms with Gasteiger partial charge < -0.3 is 14.9 Å². The summed E-state index contributed by atoms with van der Waals surface area (Å²) in [6.45, 7) is 10.7. The molecule has 0 unspecified atom stereocenters. The van der Waals surface area contributed by atoms with Crippen molar-refractivity contribution in [3.8, 4) is 0 Å². The molecule has 0 bridgehead atoms. The summed E-state index contributed by atoms with van der Waals surface area (Å²) in [7, 11) is 0. The van der Waals surface area contributed by atoms with E-state index in [9.17, 15) is 4.79 Å². The second-order valence-electron chi connectivity index (χ2n) is 7.34. The fourth-order valence-corrected chi connectivity index (χ4v) is 3.92. The largest absolute Gasteiger partial charge is 0.481 e. The number of carboxylic acid groups (broad SMARTS) is 1. The maximum Gasteiger partial charge on any atom is 0.303 e. The smallest absolute Gasteiger partial charge is 0.303 e. The van der Waals surface area contributed by atoms with E-state index in [1.54, 1.807) is 0 Å². The lowest BCUT2D eigenvalue weighted by atomic mass is 9.90. The van der Waals surface area contributed by atoms with Gasteiger partial charge >= 0.3 is 5.97 Å². The quantitative estimate of drug-likeness (QED) is 0.818. The van der Waals surface area contributed by atoms with Gasteiger partial charge in [0, 0.05) is 19.0 Å². The molecule has 0 amide bonds. The van der Waals surface area contributed by atoms with E-state index in [4.69, 9.17) is 5.11 Å². The molecule has 0 aliphatic carbocycles. The van der Waals surface area contributed by atoms with Crippen LogP contribution in [0.1, 0.15) is 52.4 Å². The summed E-state index contributed by atoms with van der Waals surface area (Å²) in [5, 5.41) is 8.77. The third kappa shape index (κ3) is 5.59. The Hall–Kier alpha value is -0.610. The van der Waals surface area contributed by atoms with Crippen LogP contribution in [0.4, 0.5) is 0 Å². The van der Waals surface area contributed by atoms with Gasteiger partial charge in [-0.1, -0.05) is 13.8 Å². The topological polar surface area (TPSA) is 43.8 Å². The van der Waals surface area contributed by atoms with Gasteiger partial charge in [-0.15, -0.1) is 0 Å².